The average molecular weight is 376 g/mol. The minimum absolute atomic E-state index is 0.142. The molecule has 2 N–H and O–H groups in total. The zero-order chi connectivity index (χ0) is 19.2. The number of pyridine rings is 1. The van der Waals surface area contributed by atoms with Crippen molar-refractivity contribution >= 4 is 11.9 Å². The molecule has 1 fully saturated rings. The fourth-order valence-electron chi connectivity index (χ4n) is 2.70. The number of aromatic nitrogens is 1. The fourth-order valence-corrected chi connectivity index (χ4v) is 2.70. The molecule has 1 amide bonds. The molecule has 2 rings (SSSR count). The topological polar surface area (TPSA) is 97.8 Å². The van der Waals surface area contributed by atoms with Crippen LogP contribution in [0.2, 0.25) is 0 Å². The van der Waals surface area contributed by atoms with Crippen molar-refractivity contribution in [3.63, 3.8) is 0 Å². The van der Waals surface area contributed by atoms with E-state index in [4.69, 9.17) is 4.74 Å². The van der Waals surface area contributed by atoms with Gasteiger partial charge in [0, 0.05) is 26.0 Å². The largest absolute Gasteiger partial charge is 0.481 e. The van der Waals surface area contributed by atoms with E-state index in [0.717, 1.165) is 0 Å². The molecule has 1 unspecified atom stereocenters. The van der Waals surface area contributed by atoms with Crippen molar-refractivity contribution in [3.05, 3.63) is 23.9 Å². The van der Waals surface area contributed by atoms with E-state index in [9.17, 15) is 27.9 Å². The summed E-state index contributed by atoms with van der Waals surface area (Å²) in [5, 5.41) is 11.8. The Kier molecular flexibility index (Phi) is 6.78. The van der Waals surface area contributed by atoms with Crippen molar-refractivity contribution in [2.45, 2.75) is 19.0 Å². The van der Waals surface area contributed by atoms with Crippen LogP contribution in [0.3, 0.4) is 0 Å². The van der Waals surface area contributed by atoms with Crippen molar-refractivity contribution in [1.29, 1.82) is 0 Å². The molecular formula is C16H19F3N2O5. The highest BCUT2D eigenvalue weighted by Gasteiger charge is 2.31. The quantitative estimate of drug-likeness (QED) is 0.754. The molecule has 1 atom stereocenters. The van der Waals surface area contributed by atoms with Gasteiger partial charge in [-0.05, 0) is 30.9 Å². The molecule has 0 spiro atoms. The maximum atomic E-state index is 12.3. The van der Waals surface area contributed by atoms with Gasteiger partial charge in [0.1, 0.15) is 5.56 Å². The zero-order valence-electron chi connectivity index (χ0n) is 13.8. The van der Waals surface area contributed by atoms with Gasteiger partial charge in [-0.1, -0.05) is 0 Å². The van der Waals surface area contributed by atoms with E-state index in [0.29, 0.717) is 26.1 Å². The molecule has 0 saturated carbocycles. The Balaban J connectivity index is 2.01. The van der Waals surface area contributed by atoms with Crippen LogP contribution in [-0.2, 0) is 9.53 Å². The van der Waals surface area contributed by atoms with Gasteiger partial charge in [0.05, 0.1) is 5.92 Å². The van der Waals surface area contributed by atoms with E-state index in [1.54, 1.807) is 0 Å². The van der Waals surface area contributed by atoms with Gasteiger partial charge in [-0.3, -0.25) is 9.59 Å². The first kappa shape index (κ1) is 20.0. The number of carbonyl (C=O) groups excluding carboxylic acids is 1. The summed E-state index contributed by atoms with van der Waals surface area (Å²) in [5.74, 6) is -3.19. The highest BCUT2D eigenvalue weighted by molar-refractivity contribution is 5.96. The van der Waals surface area contributed by atoms with Gasteiger partial charge < -0.3 is 19.9 Å². The third-order valence-electron chi connectivity index (χ3n) is 4.02. The van der Waals surface area contributed by atoms with E-state index in [1.807, 2.05) is 0 Å². The number of halogens is 3. The number of rotatable bonds is 7. The number of carboxylic acids is 1. The predicted molar refractivity (Wildman–Crippen MR) is 82.8 cm³/mol. The Morgan fingerprint density at radius 3 is 2.69 bits per heavy atom. The maximum Gasteiger partial charge on any atom is 0.422 e. The highest BCUT2D eigenvalue weighted by atomic mass is 19.4. The van der Waals surface area contributed by atoms with E-state index in [-0.39, 0.29) is 18.0 Å². The molecule has 0 radical (unpaired) electrons. The van der Waals surface area contributed by atoms with Gasteiger partial charge in [0.2, 0.25) is 5.88 Å². The molecular weight excluding hydrogens is 357 g/mol. The maximum absolute atomic E-state index is 12.3. The molecule has 1 aromatic rings. The summed E-state index contributed by atoms with van der Waals surface area (Å²) in [5.41, 5.74) is -0.187. The second-order valence-corrected chi connectivity index (χ2v) is 5.86. The molecule has 26 heavy (non-hydrogen) atoms. The number of alkyl halides is 3. The molecule has 0 aliphatic carbocycles. The lowest BCUT2D eigenvalue weighted by Gasteiger charge is -2.27. The third-order valence-corrected chi connectivity index (χ3v) is 4.02. The number of nitrogens with zero attached hydrogens (tertiary/aromatic N) is 1. The molecule has 10 heteroatoms. The van der Waals surface area contributed by atoms with Crippen LogP contribution in [-0.4, -0.2) is 54.5 Å². The summed E-state index contributed by atoms with van der Waals surface area (Å²) in [6, 6.07) is 2.64. The van der Waals surface area contributed by atoms with Gasteiger partial charge in [0.25, 0.3) is 5.91 Å². The summed E-state index contributed by atoms with van der Waals surface area (Å²) >= 11 is 0. The van der Waals surface area contributed by atoms with Crippen molar-refractivity contribution in [2.75, 3.05) is 26.4 Å². The summed E-state index contributed by atoms with van der Waals surface area (Å²) in [7, 11) is 0. The SMILES string of the molecule is O=C(NCC(C(=O)O)C1CCOCC1)c1cccnc1OCC(F)(F)F. The van der Waals surface area contributed by atoms with Gasteiger partial charge in [-0.2, -0.15) is 13.2 Å². The number of carbonyl (C=O) groups is 2. The number of aliphatic carboxylic acids is 1. The molecule has 144 valence electrons. The van der Waals surface area contributed by atoms with E-state index in [2.05, 4.69) is 15.0 Å². The monoisotopic (exact) mass is 376 g/mol. The third kappa shape index (κ3) is 5.87. The second-order valence-electron chi connectivity index (χ2n) is 5.86. The Hall–Kier alpha value is -2.36. The Labute approximate surface area is 147 Å². The number of amides is 1. The fraction of sp³-hybridized carbons (Fsp3) is 0.562. The van der Waals surface area contributed by atoms with Crippen LogP contribution in [0.1, 0.15) is 23.2 Å². The molecule has 2 heterocycles. The van der Waals surface area contributed by atoms with Gasteiger partial charge in [-0.15, -0.1) is 0 Å². The van der Waals surface area contributed by atoms with Crippen LogP contribution >= 0.6 is 0 Å². The minimum Gasteiger partial charge on any atom is -0.481 e. The van der Waals surface area contributed by atoms with Crippen molar-refractivity contribution < 1.29 is 37.3 Å². The Bertz CT molecular complexity index is 633. The lowest BCUT2D eigenvalue weighted by atomic mass is 9.86. The Morgan fingerprint density at radius 1 is 1.38 bits per heavy atom. The smallest absolute Gasteiger partial charge is 0.422 e. The van der Waals surface area contributed by atoms with Crippen LogP contribution < -0.4 is 10.1 Å². The van der Waals surface area contributed by atoms with Crippen LogP contribution in [0, 0.1) is 11.8 Å². The van der Waals surface area contributed by atoms with Crippen LogP contribution in [0.5, 0.6) is 5.88 Å². The van der Waals surface area contributed by atoms with Crippen molar-refractivity contribution in [1.82, 2.24) is 10.3 Å². The molecule has 1 aliphatic heterocycles. The average Bonchev–Trinajstić information content (AvgIpc) is 2.60. The highest BCUT2D eigenvalue weighted by Crippen LogP contribution is 2.24. The summed E-state index contributed by atoms with van der Waals surface area (Å²) in [6.45, 7) is -0.808. The first-order valence-electron chi connectivity index (χ1n) is 8.01. The molecule has 1 aromatic heterocycles. The molecule has 1 saturated heterocycles. The van der Waals surface area contributed by atoms with Crippen LogP contribution in [0.25, 0.3) is 0 Å². The summed E-state index contributed by atoms with van der Waals surface area (Å²) < 4.78 is 46.6. The predicted octanol–water partition coefficient (Wildman–Crippen LogP) is 1.88. The van der Waals surface area contributed by atoms with E-state index in [1.165, 1.54) is 18.3 Å². The second kappa shape index (κ2) is 8.84. The molecule has 0 bridgehead atoms. The van der Waals surface area contributed by atoms with Gasteiger partial charge in [-0.25, -0.2) is 4.98 Å². The first-order chi connectivity index (χ1) is 12.3. The van der Waals surface area contributed by atoms with Gasteiger partial charge >= 0.3 is 12.1 Å². The van der Waals surface area contributed by atoms with E-state index < -0.39 is 36.5 Å². The summed E-state index contributed by atoms with van der Waals surface area (Å²) in [6.07, 6.45) is -2.23. The standard InChI is InChI=1S/C16H19F3N2O5/c17-16(18,19)9-26-14-11(2-1-5-20-14)13(22)21-8-12(15(23)24)10-3-6-25-7-4-10/h1-2,5,10,12H,3-4,6-9H2,(H,21,22)(H,23,24). The normalized spacial score (nSPS) is 16.7. The molecule has 0 aromatic carbocycles. The number of hydrogen-bond donors (Lipinski definition) is 2. The number of ether oxygens (including phenoxy) is 2. The molecule has 7 nitrogen and oxygen atoms in total. The number of nitrogens with one attached hydrogen (secondary N) is 1. The number of hydrogen-bond acceptors (Lipinski definition) is 5. The minimum atomic E-state index is -4.57. The zero-order valence-corrected chi connectivity index (χ0v) is 13.8. The van der Waals surface area contributed by atoms with Crippen LogP contribution in [0.4, 0.5) is 13.2 Å². The lowest BCUT2D eigenvalue weighted by Crippen LogP contribution is -2.39. The molecule has 1 aliphatic rings. The van der Waals surface area contributed by atoms with Gasteiger partial charge in [0.15, 0.2) is 6.61 Å². The van der Waals surface area contributed by atoms with E-state index >= 15 is 0 Å². The lowest BCUT2D eigenvalue weighted by molar-refractivity contribution is -0.154. The number of carboxylic acid groups (broad SMARTS) is 1. The van der Waals surface area contributed by atoms with Crippen molar-refractivity contribution in [3.8, 4) is 5.88 Å². The first-order valence-corrected chi connectivity index (χ1v) is 8.01. The van der Waals surface area contributed by atoms with Crippen LogP contribution in [0.15, 0.2) is 18.3 Å². The summed E-state index contributed by atoms with van der Waals surface area (Å²) in [4.78, 5) is 27.4. The van der Waals surface area contributed by atoms with Crippen molar-refractivity contribution in [2.24, 2.45) is 11.8 Å². The Morgan fingerprint density at radius 2 is 2.08 bits per heavy atom.